The smallest absolute Gasteiger partial charge is 0.127 e. The molecule has 0 spiro atoms. The first-order valence-electron chi connectivity index (χ1n) is 9.10. The number of carbonyl (C=O) groups is 1. The summed E-state index contributed by atoms with van der Waals surface area (Å²) in [5, 5.41) is 3.33. The van der Waals surface area contributed by atoms with Crippen molar-refractivity contribution in [1.82, 2.24) is 5.32 Å². The summed E-state index contributed by atoms with van der Waals surface area (Å²) in [4.78, 5) is 15.6. The second-order valence-corrected chi connectivity index (χ2v) is 8.12. The predicted octanol–water partition coefficient (Wildman–Crippen LogP) is 4.52. The molecule has 2 aliphatic rings. The SMILES string of the molecule is Cc1ccc(F)cc1C1CCC2CC(NCC(C)(C)C=O)=NC=C2C1. The molecule has 1 N–H and O–H groups in total. The zero-order valence-corrected chi connectivity index (χ0v) is 15.3. The number of fused-ring (bicyclic) bond motifs is 1. The van der Waals surface area contributed by atoms with Gasteiger partial charge in [0.05, 0.1) is 0 Å². The van der Waals surface area contributed by atoms with Crippen molar-refractivity contribution in [3.8, 4) is 0 Å². The number of rotatable bonds is 4. The molecule has 1 aliphatic heterocycles. The Labute approximate surface area is 149 Å². The molecule has 0 amide bonds. The average Bonchev–Trinajstić information content (AvgIpc) is 2.61. The van der Waals surface area contributed by atoms with Gasteiger partial charge in [0, 0.05) is 24.6 Å². The van der Waals surface area contributed by atoms with Crippen LogP contribution < -0.4 is 5.32 Å². The number of nitrogens with zero attached hydrogens (tertiary/aromatic N) is 1. The Balaban J connectivity index is 1.69. The molecule has 2 atom stereocenters. The van der Waals surface area contributed by atoms with E-state index in [9.17, 15) is 9.18 Å². The van der Waals surface area contributed by atoms with Crippen molar-refractivity contribution in [2.75, 3.05) is 6.54 Å². The lowest BCUT2D eigenvalue weighted by Crippen LogP contribution is -2.37. The molecular weight excluding hydrogens is 315 g/mol. The lowest BCUT2D eigenvalue weighted by molar-refractivity contribution is -0.114. The first-order valence-corrected chi connectivity index (χ1v) is 9.10. The van der Waals surface area contributed by atoms with Gasteiger partial charge in [-0.2, -0.15) is 0 Å². The van der Waals surface area contributed by atoms with Gasteiger partial charge in [0.15, 0.2) is 0 Å². The van der Waals surface area contributed by atoms with Crippen molar-refractivity contribution in [2.24, 2.45) is 16.3 Å². The Morgan fingerprint density at radius 1 is 1.28 bits per heavy atom. The van der Waals surface area contributed by atoms with Crippen LogP contribution in [0.4, 0.5) is 4.39 Å². The number of halogens is 1. The highest BCUT2D eigenvalue weighted by Crippen LogP contribution is 2.42. The molecule has 25 heavy (non-hydrogen) atoms. The van der Waals surface area contributed by atoms with Crippen LogP contribution in [-0.4, -0.2) is 18.7 Å². The fourth-order valence-corrected chi connectivity index (χ4v) is 3.79. The van der Waals surface area contributed by atoms with Crippen molar-refractivity contribution >= 4 is 12.1 Å². The molecule has 2 unspecified atom stereocenters. The maximum absolute atomic E-state index is 13.6. The van der Waals surface area contributed by atoms with E-state index >= 15 is 0 Å². The Morgan fingerprint density at radius 3 is 2.80 bits per heavy atom. The van der Waals surface area contributed by atoms with Crippen LogP contribution in [0.5, 0.6) is 0 Å². The number of amidine groups is 1. The number of allylic oxidation sites excluding steroid dienone is 1. The summed E-state index contributed by atoms with van der Waals surface area (Å²) in [5.41, 5.74) is 3.31. The van der Waals surface area contributed by atoms with Gasteiger partial charge in [0.2, 0.25) is 0 Å². The van der Waals surface area contributed by atoms with Gasteiger partial charge in [-0.05, 0) is 66.9 Å². The standard InChI is InChI=1S/C21H27FN2O/c1-14-4-7-18(22)10-19(14)16-6-5-15-9-20(23-11-17(15)8-16)24-12-21(2,3)13-25/h4,7,10-11,13,15-16H,5-6,8-9,12H2,1-3H3,(H,23,24). The molecule has 1 aromatic carbocycles. The lowest BCUT2D eigenvalue weighted by Gasteiger charge is -2.34. The minimum atomic E-state index is -0.376. The predicted molar refractivity (Wildman–Crippen MR) is 99.2 cm³/mol. The van der Waals surface area contributed by atoms with Crippen LogP contribution in [0.1, 0.15) is 56.6 Å². The number of aryl methyl sites for hydroxylation is 1. The van der Waals surface area contributed by atoms with E-state index in [-0.39, 0.29) is 11.2 Å². The molecule has 134 valence electrons. The molecule has 1 aromatic rings. The molecule has 0 bridgehead atoms. The van der Waals surface area contributed by atoms with E-state index in [1.165, 1.54) is 17.2 Å². The van der Waals surface area contributed by atoms with Crippen molar-refractivity contribution in [3.05, 3.63) is 46.9 Å². The fraction of sp³-hybridized carbons (Fsp3) is 0.524. The summed E-state index contributed by atoms with van der Waals surface area (Å²) >= 11 is 0. The maximum Gasteiger partial charge on any atom is 0.127 e. The van der Waals surface area contributed by atoms with Crippen molar-refractivity contribution in [1.29, 1.82) is 0 Å². The van der Waals surface area contributed by atoms with Crippen molar-refractivity contribution in [2.45, 2.75) is 52.4 Å². The molecule has 0 aromatic heterocycles. The monoisotopic (exact) mass is 342 g/mol. The van der Waals surface area contributed by atoms with Gasteiger partial charge in [-0.3, -0.25) is 0 Å². The van der Waals surface area contributed by atoms with Crippen LogP contribution >= 0.6 is 0 Å². The van der Waals surface area contributed by atoms with E-state index in [0.29, 0.717) is 18.4 Å². The van der Waals surface area contributed by atoms with Gasteiger partial charge in [-0.25, -0.2) is 9.38 Å². The fourth-order valence-electron chi connectivity index (χ4n) is 3.79. The van der Waals surface area contributed by atoms with Crippen molar-refractivity contribution < 1.29 is 9.18 Å². The number of hydrogen-bond donors (Lipinski definition) is 1. The zero-order valence-electron chi connectivity index (χ0n) is 15.3. The van der Waals surface area contributed by atoms with Gasteiger partial charge >= 0.3 is 0 Å². The highest BCUT2D eigenvalue weighted by atomic mass is 19.1. The van der Waals surface area contributed by atoms with Gasteiger partial charge in [0.25, 0.3) is 0 Å². The number of benzene rings is 1. The Bertz CT molecular complexity index is 721. The Kier molecular flexibility index (Phi) is 5.07. The summed E-state index contributed by atoms with van der Waals surface area (Å²) in [5.74, 6) is 1.73. The minimum Gasteiger partial charge on any atom is -0.373 e. The number of hydrogen-bond acceptors (Lipinski definition) is 3. The largest absolute Gasteiger partial charge is 0.373 e. The first kappa shape index (κ1) is 17.8. The number of aliphatic imine (C=N–C) groups is 1. The second-order valence-electron chi connectivity index (χ2n) is 8.12. The maximum atomic E-state index is 13.6. The van der Waals surface area contributed by atoms with E-state index in [1.807, 2.05) is 26.1 Å². The van der Waals surface area contributed by atoms with Crippen molar-refractivity contribution in [3.63, 3.8) is 0 Å². The molecule has 3 nitrogen and oxygen atoms in total. The van der Waals surface area contributed by atoms with Crippen LogP contribution in [0.15, 0.2) is 35.0 Å². The van der Waals surface area contributed by atoms with Gasteiger partial charge < -0.3 is 10.1 Å². The summed E-state index contributed by atoms with van der Waals surface area (Å²) < 4.78 is 13.6. The summed E-state index contributed by atoms with van der Waals surface area (Å²) in [6.07, 6.45) is 7.03. The molecule has 3 rings (SSSR count). The molecule has 1 saturated carbocycles. The second kappa shape index (κ2) is 7.11. The number of aldehydes is 1. The van der Waals surface area contributed by atoms with E-state index < -0.39 is 0 Å². The lowest BCUT2D eigenvalue weighted by atomic mass is 9.73. The third-order valence-electron chi connectivity index (χ3n) is 5.44. The minimum absolute atomic E-state index is 0.150. The molecular formula is C21H27FN2O. The number of nitrogens with one attached hydrogen (secondary N) is 1. The van der Waals surface area contributed by atoms with Crippen LogP contribution in [0.2, 0.25) is 0 Å². The van der Waals surface area contributed by atoms with E-state index in [2.05, 4.69) is 17.2 Å². The highest BCUT2D eigenvalue weighted by molar-refractivity contribution is 5.84. The Hall–Kier alpha value is -1.97. The zero-order chi connectivity index (χ0) is 18.0. The molecule has 4 heteroatoms. The van der Waals surface area contributed by atoms with Crippen LogP contribution in [0.3, 0.4) is 0 Å². The Morgan fingerprint density at radius 2 is 2.04 bits per heavy atom. The summed E-state index contributed by atoms with van der Waals surface area (Å²) in [7, 11) is 0. The molecule has 1 heterocycles. The van der Waals surface area contributed by atoms with Crippen LogP contribution in [-0.2, 0) is 4.79 Å². The molecule has 1 fully saturated rings. The van der Waals surface area contributed by atoms with Gasteiger partial charge in [-0.15, -0.1) is 0 Å². The average molecular weight is 342 g/mol. The first-order chi connectivity index (χ1) is 11.9. The van der Waals surface area contributed by atoms with Gasteiger partial charge in [-0.1, -0.05) is 19.9 Å². The third kappa shape index (κ3) is 4.17. The van der Waals surface area contributed by atoms with E-state index in [1.54, 1.807) is 6.07 Å². The third-order valence-corrected chi connectivity index (χ3v) is 5.44. The highest BCUT2D eigenvalue weighted by Gasteiger charge is 2.30. The van der Waals surface area contributed by atoms with Gasteiger partial charge in [0.1, 0.15) is 17.9 Å². The van der Waals surface area contributed by atoms with Crippen LogP contribution in [0.25, 0.3) is 0 Å². The van der Waals surface area contributed by atoms with Crippen LogP contribution in [0, 0.1) is 24.1 Å². The molecule has 1 aliphatic carbocycles. The van der Waals surface area contributed by atoms with E-state index in [4.69, 9.17) is 0 Å². The molecule has 0 radical (unpaired) electrons. The summed E-state index contributed by atoms with van der Waals surface area (Å²) in [6.45, 7) is 6.51. The topological polar surface area (TPSA) is 41.5 Å². The summed E-state index contributed by atoms with van der Waals surface area (Å²) in [6, 6.07) is 5.11. The molecule has 0 saturated heterocycles. The number of carbonyl (C=O) groups excluding carboxylic acids is 1. The van der Waals surface area contributed by atoms with E-state index in [0.717, 1.165) is 43.4 Å². The quantitative estimate of drug-likeness (QED) is 0.818. The normalized spacial score (nSPS) is 23.4.